The molecule has 1 N–H and O–H groups in total. The second-order valence-corrected chi connectivity index (χ2v) is 6.68. The van der Waals surface area contributed by atoms with Gasteiger partial charge in [-0.05, 0) is 48.0 Å². The molecule has 1 aromatic rings. The number of benzene rings is 1. The Kier molecular flexibility index (Phi) is 3.69. The molecule has 0 amide bonds. The van der Waals surface area contributed by atoms with Crippen molar-refractivity contribution in [1.82, 2.24) is 0 Å². The van der Waals surface area contributed by atoms with Crippen molar-refractivity contribution in [3.63, 3.8) is 0 Å². The lowest BCUT2D eigenvalue weighted by atomic mass is 9.81. The fraction of sp³-hybridized carbons (Fsp3) is 0.444. The Labute approximate surface area is 116 Å². The van der Waals surface area contributed by atoms with Crippen molar-refractivity contribution in [2.75, 3.05) is 0 Å². The number of rotatable bonds is 2. The first-order valence-electron chi connectivity index (χ1n) is 6.95. The van der Waals surface area contributed by atoms with Crippen LogP contribution in [0.5, 0.6) is 0 Å². The molecule has 1 heteroatoms. The molecule has 1 aliphatic rings. The first kappa shape index (κ1) is 14.1. The largest absolute Gasteiger partial charge is 0.388 e. The molecule has 0 aromatic heterocycles. The van der Waals surface area contributed by atoms with E-state index in [1.165, 1.54) is 22.3 Å². The molecule has 0 fully saturated rings. The molecule has 1 unspecified atom stereocenters. The fourth-order valence-electron chi connectivity index (χ4n) is 2.71. The molecule has 1 nitrogen and oxygen atoms in total. The Morgan fingerprint density at radius 3 is 2.26 bits per heavy atom. The standard InChI is InChI=1S/C18H24O/c1-12-10-13(2)16(11-12)14-8-6-7-9-15(14)17(19)18(3,4)5/h6-10,17,19H,11H2,1-5H3. The Balaban J connectivity index is 2.47. The Hall–Kier alpha value is -1.34. The predicted molar refractivity (Wildman–Crippen MR) is 81.8 cm³/mol. The summed E-state index contributed by atoms with van der Waals surface area (Å²) >= 11 is 0. The molecule has 0 spiro atoms. The second-order valence-electron chi connectivity index (χ2n) is 6.68. The summed E-state index contributed by atoms with van der Waals surface area (Å²) < 4.78 is 0. The van der Waals surface area contributed by atoms with Gasteiger partial charge in [0.25, 0.3) is 0 Å². The third kappa shape index (κ3) is 2.82. The molecular formula is C18H24O. The Morgan fingerprint density at radius 2 is 1.74 bits per heavy atom. The summed E-state index contributed by atoms with van der Waals surface area (Å²) in [6.07, 6.45) is 2.81. The van der Waals surface area contributed by atoms with E-state index in [9.17, 15) is 5.11 Å². The van der Waals surface area contributed by atoms with E-state index in [0.717, 1.165) is 12.0 Å². The lowest BCUT2D eigenvalue weighted by molar-refractivity contribution is 0.0624. The number of aliphatic hydroxyl groups is 1. The van der Waals surface area contributed by atoms with Crippen molar-refractivity contribution in [3.05, 3.63) is 52.6 Å². The van der Waals surface area contributed by atoms with Crippen LogP contribution in [-0.2, 0) is 0 Å². The van der Waals surface area contributed by atoms with Gasteiger partial charge in [-0.25, -0.2) is 0 Å². The Bertz CT molecular complexity index is 541. The molecule has 2 rings (SSSR count). The summed E-state index contributed by atoms with van der Waals surface area (Å²) in [4.78, 5) is 0. The first-order valence-corrected chi connectivity index (χ1v) is 6.95. The van der Waals surface area contributed by atoms with Crippen LogP contribution in [-0.4, -0.2) is 5.11 Å². The van der Waals surface area contributed by atoms with Crippen LogP contribution in [0.3, 0.4) is 0 Å². The maximum absolute atomic E-state index is 10.6. The normalized spacial score (nSPS) is 17.7. The molecule has 0 saturated heterocycles. The fourth-order valence-corrected chi connectivity index (χ4v) is 2.71. The zero-order chi connectivity index (χ0) is 14.2. The molecule has 0 aliphatic heterocycles. The van der Waals surface area contributed by atoms with Crippen LogP contribution in [0.2, 0.25) is 0 Å². The highest BCUT2D eigenvalue weighted by molar-refractivity contribution is 5.77. The lowest BCUT2D eigenvalue weighted by Gasteiger charge is -2.28. The summed E-state index contributed by atoms with van der Waals surface area (Å²) in [6, 6.07) is 8.26. The Morgan fingerprint density at radius 1 is 1.11 bits per heavy atom. The van der Waals surface area contributed by atoms with Gasteiger partial charge >= 0.3 is 0 Å². The maximum atomic E-state index is 10.6. The van der Waals surface area contributed by atoms with Gasteiger partial charge in [-0.15, -0.1) is 0 Å². The van der Waals surface area contributed by atoms with Crippen molar-refractivity contribution in [2.45, 2.75) is 47.1 Å². The zero-order valence-corrected chi connectivity index (χ0v) is 12.6. The van der Waals surface area contributed by atoms with E-state index < -0.39 is 6.10 Å². The van der Waals surface area contributed by atoms with E-state index >= 15 is 0 Å². The number of hydrogen-bond donors (Lipinski definition) is 1. The third-order valence-corrected chi connectivity index (χ3v) is 3.80. The van der Waals surface area contributed by atoms with Crippen LogP contribution in [0, 0.1) is 5.41 Å². The summed E-state index contributed by atoms with van der Waals surface area (Å²) in [5.74, 6) is 0. The summed E-state index contributed by atoms with van der Waals surface area (Å²) in [5, 5.41) is 10.6. The van der Waals surface area contributed by atoms with Crippen molar-refractivity contribution in [2.24, 2.45) is 5.41 Å². The highest BCUT2D eigenvalue weighted by atomic mass is 16.3. The van der Waals surface area contributed by atoms with Gasteiger partial charge in [-0.2, -0.15) is 0 Å². The molecule has 1 atom stereocenters. The quantitative estimate of drug-likeness (QED) is 0.798. The van der Waals surface area contributed by atoms with E-state index in [-0.39, 0.29) is 5.41 Å². The summed E-state index contributed by atoms with van der Waals surface area (Å²) in [5.41, 5.74) is 6.18. The van der Waals surface area contributed by atoms with Crippen LogP contribution in [0.15, 0.2) is 41.5 Å². The summed E-state index contributed by atoms with van der Waals surface area (Å²) in [7, 11) is 0. The van der Waals surface area contributed by atoms with Gasteiger partial charge in [0.05, 0.1) is 6.10 Å². The topological polar surface area (TPSA) is 20.2 Å². The van der Waals surface area contributed by atoms with E-state index in [1.54, 1.807) is 0 Å². The number of hydrogen-bond acceptors (Lipinski definition) is 1. The molecule has 19 heavy (non-hydrogen) atoms. The van der Waals surface area contributed by atoms with E-state index in [0.29, 0.717) is 0 Å². The molecule has 0 radical (unpaired) electrons. The number of aliphatic hydroxyl groups excluding tert-OH is 1. The van der Waals surface area contributed by atoms with Gasteiger partial charge in [0.15, 0.2) is 0 Å². The summed E-state index contributed by atoms with van der Waals surface area (Å²) in [6.45, 7) is 10.6. The molecule has 1 aliphatic carbocycles. The second kappa shape index (κ2) is 4.97. The molecular weight excluding hydrogens is 232 g/mol. The van der Waals surface area contributed by atoms with E-state index in [1.807, 2.05) is 6.07 Å². The minimum atomic E-state index is -0.440. The molecule has 1 aromatic carbocycles. The van der Waals surface area contributed by atoms with Crippen LogP contribution >= 0.6 is 0 Å². The van der Waals surface area contributed by atoms with Crippen molar-refractivity contribution >= 4 is 5.57 Å². The van der Waals surface area contributed by atoms with Crippen LogP contribution in [0.1, 0.15) is 58.3 Å². The zero-order valence-electron chi connectivity index (χ0n) is 12.6. The van der Waals surface area contributed by atoms with E-state index in [2.05, 4.69) is 58.9 Å². The average Bonchev–Trinajstić information content (AvgIpc) is 2.66. The van der Waals surface area contributed by atoms with Crippen LogP contribution < -0.4 is 0 Å². The maximum Gasteiger partial charge on any atom is 0.0844 e. The van der Waals surface area contributed by atoms with Gasteiger partial charge in [-0.1, -0.05) is 56.7 Å². The van der Waals surface area contributed by atoms with Gasteiger partial charge in [0.1, 0.15) is 0 Å². The smallest absolute Gasteiger partial charge is 0.0844 e. The van der Waals surface area contributed by atoms with Gasteiger partial charge < -0.3 is 5.11 Å². The molecule has 0 bridgehead atoms. The number of allylic oxidation sites excluding steroid dienone is 4. The van der Waals surface area contributed by atoms with Crippen molar-refractivity contribution in [3.8, 4) is 0 Å². The minimum absolute atomic E-state index is 0.147. The minimum Gasteiger partial charge on any atom is -0.388 e. The monoisotopic (exact) mass is 256 g/mol. The molecule has 0 heterocycles. The van der Waals surface area contributed by atoms with Crippen LogP contribution in [0.25, 0.3) is 5.57 Å². The first-order chi connectivity index (χ1) is 8.80. The van der Waals surface area contributed by atoms with Crippen molar-refractivity contribution < 1.29 is 5.11 Å². The molecule has 0 saturated carbocycles. The van der Waals surface area contributed by atoms with E-state index in [4.69, 9.17) is 0 Å². The van der Waals surface area contributed by atoms with Crippen LogP contribution in [0.4, 0.5) is 0 Å². The van der Waals surface area contributed by atoms with Gasteiger partial charge in [0, 0.05) is 0 Å². The lowest BCUT2D eigenvalue weighted by Crippen LogP contribution is -2.19. The average molecular weight is 256 g/mol. The highest BCUT2D eigenvalue weighted by Gasteiger charge is 2.27. The highest BCUT2D eigenvalue weighted by Crippen LogP contribution is 2.40. The predicted octanol–water partition coefficient (Wildman–Crippen LogP) is 4.89. The van der Waals surface area contributed by atoms with Crippen molar-refractivity contribution in [1.29, 1.82) is 0 Å². The van der Waals surface area contributed by atoms with Gasteiger partial charge in [-0.3, -0.25) is 0 Å². The third-order valence-electron chi connectivity index (χ3n) is 3.80. The molecule has 102 valence electrons. The SMILES string of the molecule is CC1=CC(C)=C(c2ccccc2C(O)C(C)(C)C)C1. The van der Waals surface area contributed by atoms with Gasteiger partial charge in [0.2, 0.25) is 0 Å².